The van der Waals surface area contributed by atoms with E-state index in [2.05, 4.69) is 21.5 Å². The number of nitrogens with zero attached hydrogens (tertiary/aromatic N) is 3. The molecule has 1 N–H and O–H groups in total. The first kappa shape index (κ1) is 14.5. The Morgan fingerprint density at radius 1 is 1.29 bits per heavy atom. The predicted octanol–water partition coefficient (Wildman–Crippen LogP) is 3.97. The number of rotatable bonds is 3. The summed E-state index contributed by atoms with van der Waals surface area (Å²) in [4.78, 5) is 26.7. The number of carbonyl (C=O) groups is 1. The van der Waals surface area contributed by atoms with Gasteiger partial charge < -0.3 is 5.32 Å². The standard InChI is InChI=1S/C18H14N4O2/c19-8-10-2-1-3-13(6-10)21-14-9-20-17(18(23)22-24)16-12-5-4-11(7-12)15(14)16/h1-3,6,9,11-12,21H,4-5,7H2. The third-order valence-electron chi connectivity index (χ3n) is 4.96. The summed E-state index contributed by atoms with van der Waals surface area (Å²) in [6.45, 7) is 0. The van der Waals surface area contributed by atoms with Gasteiger partial charge in [-0.25, -0.2) is 4.98 Å². The molecule has 1 amide bonds. The third kappa shape index (κ3) is 2.17. The fraction of sp³-hybridized carbons (Fsp3) is 0.278. The number of nitriles is 1. The van der Waals surface area contributed by atoms with E-state index in [1.807, 2.05) is 12.1 Å². The molecular weight excluding hydrogens is 304 g/mol. The minimum absolute atomic E-state index is 0.198. The Labute approximate surface area is 138 Å². The van der Waals surface area contributed by atoms with Crippen LogP contribution in [0.2, 0.25) is 0 Å². The summed E-state index contributed by atoms with van der Waals surface area (Å²) < 4.78 is 0. The minimum Gasteiger partial charge on any atom is -0.354 e. The van der Waals surface area contributed by atoms with E-state index in [1.54, 1.807) is 18.3 Å². The number of pyridine rings is 1. The second kappa shape index (κ2) is 5.53. The smallest absolute Gasteiger partial charge is 0.335 e. The number of fused-ring (bicyclic) bond motifs is 5. The third-order valence-corrected chi connectivity index (χ3v) is 4.96. The molecular formula is C18H14N4O2. The van der Waals surface area contributed by atoms with Crippen molar-refractivity contribution in [3.63, 3.8) is 0 Å². The van der Waals surface area contributed by atoms with Crippen LogP contribution in [0.1, 0.15) is 58.3 Å². The van der Waals surface area contributed by atoms with Crippen LogP contribution in [0.3, 0.4) is 0 Å². The second-order valence-corrected chi connectivity index (χ2v) is 6.27. The molecule has 0 saturated heterocycles. The number of anilines is 2. The molecule has 1 heterocycles. The lowest BCUT2D eigenvalue weighted by atomic mass is 9.89. The molecule has 6 nitrogen and oxygen atoms in total. The van der Waals surface area contributed by atoms with Crippen molar-refractivity contribution >= 4 is 17.3 Å². The van der Waals surface area contributed by atoms with Crippen LogP contribution in [0.15, 0.2) is 35.6 Å². The number of hydrogen-bond donors (Lipinski definition) is 1. The maximum absolute atomic E-state index is 11.8. The van der Waals surface area contributed by atoms with Crippen LogP contribution in [-0.4, -0.2) is 10.9 Å². The molecule has 2 aliphatic carbocycles. The number of amides is 1. The van der Waals surface area contributed by atoms with Crippen molar-refractivity contribution in [1.29, 1.82) is 5.26 Å². The Bertz CT molecular complexity index is 900. The van der Waals surface area contributed by atoms with E-state index in [0.29, 0.717) is 11.5 Å². The van der Waals surface area contributed by atoms with Crippen molar-refractivity contribution in [3.8, 4) is 6.07 Å². The van der Waals surface area contributed by atoms with Crippen LogP contribution in [0.25, 0.3) is 0 Å². The normalized spacial score (nSPS) is 20.3. The maximum Gasteiger partial charge on any atom is 0.335 e. The highest BCUT2D eigenvalue weighted by molar-refractivity contribution is 5.96. The topological polar surface area (TPSA) is 95.2 Å². The van der Waals surface area contributed by atoms with E-state index in [1.165, 1.54) is 0 Å². The lowest BCUT2D eigenvalue weighted by Gasteiger charge is -2.21. The molecule has 118 valence electrons. The number of benzene rings is 1. The molecule has 2 unspecified atom stereocenters. The summed E-state index contributed by atoms with van der Waals surface area (Å²) in [5.41, 5.74) is 4.38. The molecule has 1 fully saturated rings. The van der Waals surface area contributed by atoms with E-state index in [4.69, 9.17) is 5.26 Å². The Kier molecular flexibility index (Phi) is 3.35. The summed E-state index contributed by atoms with van der Waals surface area (Å²) in [5, 5.41) is 14.9. The summed E-state index contributed by atoms with van der Waals surface area (Å²) >= 11 is 0. The summed E-state index contributed by atoms with van der Waals surface area (Å²) in [7, 11) is 0. The van der Waals surface area contributed by atoms with Crippen molar-refractivity contribution in [1.82, 2.24) is 4.98 Å². The lowest BCUT2D eigenvalue weighted by molar-refractivity contribution is 0.0994. The Morgan fingerprint density at radius 3 is 2.83 bits per heavy atom. The highest BCUT2D eigenvalue weighted by Crippen LogP contribution is 2.56. The van der Waals surface area contributed by atoms with Crippen molar-refractivity contribution in [2.75, 3.05) is 5.32 Å². The van der Waals surface area contributed by atoms with Gasteiger partial charge in [-0.15, -0.1) is 4.91 Å². The Morgan fingerprint density at radius 2 is 2.08 bits per heavy atom. The highest BCUT2D eigenvalue weighted by Gasteiger charge is 2.42. The maximum atomic E-state index is 11.8. The average Bonchev–Trinajstić information content (AvgIpc) is 3.24. The molecule has 24 heavy (non-hydrogen) atoms. The van der Waals surface area contributed by atoms with E-state index in [0.717, 1.165) is 41.8 Å². The molecule has 2 aromatic rings. The SMILES string of the molecule is N#Cc1cccc(Nc2cnc(C(=O)N=O)c3c2C2CCC3C2)c1. The first-order valence-corrected chi connectivity index (χ1v) is 7.89. The first-order chi connectivity index (χ1) is 11.7. The zero-order chi connectivity index (χ0) is 16.7. The van der Waals surface area contributed by atoms with Gasteiger partial charge in [-0.1, -0.05) is 6.07 Å². The van der Waals surface area contributed by atoms with Crippen LogP contribution in [-0.2, 0) is 0 Å². The summed E-state index contributed by atoms with van der Waals surface area (Å²) in [6.07, 6.45) is 4.69. The molecule has 0 spiro atoms. The first-order valence-electron chi connectivity index (χ1n) is 7.89. The van der Waals surface area contributed by atoms with Gasteiger partial charge in [0, 0.05) is 10.9 Å². The Hall–Kier alpha value is -3.07. The van der Waals surface area contributed by atoms with Gasteiger partial charge in [0.15, 0.2) is 0 Å². The van der Waals surface area contributed by atoms with Crippen LogP contribution >= 0.6 is 0 Å². The highest BCUT2D eigenvalue weighted by atomic mass is 16.3. The van der Waals surface area contributed by atoms with E-state index >= 15 is 0 Å². The van der Waals surface area contributed by atoms with Gasteiger partial charge in [0.05, 0.1) is 23.5 Å². The van der Waals surface area contributed by atoms with Crippen LogP contribution in [0.5, 0.6) is 0 Å². The van der Waals surface area contributed by atoms with Crippen LogP contribution in [0.4, 0.5) is 11.4 Å². The minimum atomic E-state index is -0.795. The van der Waals surface area contributed by atoms with Crippen molar-refractivity contribution < 1.29 is 4.79 Å². The van der Waals surface area contributed by atoms with E-state index in [-0.39, 0.29) is 11.6 Å². The fourth-order valence-electron chi connectivity index (χ4n) is 4.04. The van der Waals surface area contributed by atoms with Gasteiger partial charge in [-0.05, 0) is 60.4 Å². The molecule has 0 radical (unpaired) electrons. The molecule has 1 aromatic heterocycles. The molecule has 0 aliphatic heterocycles. The number of hydrogen-bond acceptors (Lipinski definition) is 5. The molecule has 2 aliphatic rings. The van der Waals surface area contributed by atoms with Gasteiger partial charge >= 0.3 is 5.91 Å². The fourth-order valence-corrected chi connectivity index (χ4v) is 4.04. The monoisotopic (exact) mass is 318 g/mol. The predicted molar refractivity (Wildman–Crippen MR) is 88.1 cm³/mol. The molecule has 1 aromatic carbocycles. The van der Waals surface area contributed by atoms with Crippen LogP contribution < -0.4 is 5.32 Å². The van der Waals surface area contributed by atoms with Gasteiger partial charge in [0.25, 0.3) is 0 Å². The molecule has 2 bridgehead atoms. The average molecular weight is 318 g/mol. The number of nitrogens with one attached hydrogen (secondary N) is 1. The van der Waals surface area contributed by atoms with Crippen LogP contribution in [0, 0.1) is 16.2 Å². The molecule has 1 saturated carbocycles. The van der Waals surface area contributed by atoms with Crippen molar-refractivity contribution in [3.05, 3.63) is 57.8 Å². The van der Waals surface area contributed by atoms with Gasteiger partial charge in [0.1, 0.15) is 5.69 Å². The van der Waals surface area contributed by atoms with Gasteiger partial charge in [0.2, 0.25) is 0 Å². The largest absolute Gasteiger partial charge is 0.354 e. The zero-order valence-electron chi connectivity index (χ0n) is 12.8. The molecule has 2 atom stereocenters. The van der Waals surface area contributed by atoms with Crippen molar-refractivity contribution in [2.45, 2.75) is 31.1 Å². The summed E-state index contributed by atoms with van der Waals surface area (Å²) in [6, 6.07) is 9.33. The number of nitroso groups, excluding NO2 is 1. The zero-order valence-corrected chi connectivity index (χ0v) is 12.8. The van der Waals surface area contributed by atoms with Gasteiger partial charge in [-0.2, -0.15) is 5.26 Å². The van der Waals surface area contributed by atoms with E-state index in [9.17, 15) is 9.70 Å². The molecule has 6 heteroatoms. The number of carbonyl (C=O) groups excluding carboxylic acids is 1. The lowest BCUT2D eigenvalue weighted by Crippen LogP contribution is -2.11. The van der Waals surface area contributed by atoms with Crippen molar-refractivity contribution in [2.24, 2.45) is 5.18 Å². The van der Waals surface area contributed by atoms with E-state index < -0.39 is 5.91 Å². The Balaban J connectivity index is 1.79. The number of aromatic nitrogens is 1. The second-order valence-electron chi connectivity index (χ2n) is 6.27. The molecule has 4 rings (SSSR count). The summed E-state index contributed by atoms with van der Waals surface area (Å²) in [5.74, 6) is -0.130. The quantitative estimate of drug-likeness (QED) is 0.864. The van der Waals surface area contributed by atoms with Gasteiger partial charge in [-0.3, -0.25) is 4.79 Å².